The normalized spacial score (nSPS) is 23.2. The number of aryl methyl sites for hydroxylation is 1. The second kappa shape index (κ2) is 6.69. The maximum absolute atomic E-state index is 12.7. The molecule has 0 bridgehead atoms. The van der Waals surface area contributed by atoms with E-state index in [1.54, 1.807) is 12.1 Å². The van der Waals surface area contributed by atoms with Crippen LogP contribution < -0.4 is 5.32 Å². The molecule has 1 aromatic heterocycles. The Labute approximate surface area is 151 Å². The summed E-state index contributed by atoms with van der Waals surface area (Å²) >= 11 is 1.23. The van der Waals surface area contributed by atoms with Crippen LogP contribution in [-0.2, 0) is 19.6 Å². The molecule has 7 nitrogen and oxygen atoms in total. The van der Waals surface area contributed by atoms with E-state index < -0.39 is 27.3 Å². The van der Waals surface area contributed by atoms with Gasteiger partial charge in [0.05, 0.1) is 11.3 Å². The fourth-order valence-electron chi connectivity index (χ4n) is 3.07. The number of carboxylic acids is 1. The number of rotatable bonds is 6. The van der Waals surface area contributed by atoms with Crippen LogP contribution in [0.4, 0.5) is 0 Å². The molecular formula is C16H22N2O5S2. The Hall–Kier alpha value is -1.45. The third kappa shape index (κ3) is 3.73. The Morgan fingerprint density at radius 2 is 2.12 bits per heavy atom. The summed E-state index contributed by atoms with van der Waals surface area (Å²) in [5.41, 5.74) is -0.815. The summed E-state index contributed by atoms with van der Waals surface area (Å²) in [5, 5.41) is 11.9. The van der Waals surface area contributed by atoms with Crippen molar-refractivity contribution in [2.24, 2.45) is 11.3 Å². The summed E-state index contributed by atoms with van der Waals surface area (Å²) in [7, 11) is -3.57. The van der Waals surface area contributed by atoms with E-state index >= 15 is 0 Å². The zero-order valence-electron chi connectivity index (χ0n) is 14.0. The molecule has 2 N–H and O–H groups in total. The van der Waals surface area contributed by atoms with Gasteiger partial charge in [-0.15, -0.1) is 11.3 Å². The summed E-state index contributed by atoms with van der Waals surface area (Å²) < 4.78 is 27.1. The average Bonchev–Trinajstić information content (AvgIpc) is 3.26. The van der Waals surface area contributed by atoms with Crippen LogP contribution in [0, 0.1) is 18.3 Å². The van der Waals surface area contributed by atoms with Gasteiger partial charge in [-0.05, 0) is 44.7 Å². The first-order valence-electron chi connectivity index (χ1n) is 8.32. The Balaban J connectivity index is 1.63. The van der Waals surface area contributed by atoms with E-state index in [-0.39, 0.29) is 19.0 Å². The number of thiophene rings is 1. The lowest BCUT2D eigenvalue weighted by atomic mass is 9.98. The fraction of sp³-hybridized carbons (Fsp3) is 0.625. The number of piperidine rings is 1. The average molecular weight is 386 g/mol. The monoisotopic (exact) mass is 386 g/mol. The third-order valence-corrected chi connectivity index (χ3v) is 8.31. The molecule has 1 aliphatic carbocycles. The van der Waals surface area contributed by atoms with E-state index in [2.05, 4.69) is 5.32 Å². The largest absolute Gasteiger partial charge is 0.481 e. The molecule has 138 valence electrons. The Bertz CT molecular complexity index is 782. The lowest BCUT2D eigenvalue weighted by Gasteiger charge is -2.31. The Morgan fingerprint density at radius 1 is 1.40 bits per heavy atom. The van der Waals surface area contributed by atoms with Crippen molar-refractivity contribution in [2.45, 2.75) is 36.8 Å². The number of hydrogen-bond donors (Lipinski definition) is 2. The van der Waals surface area contributed by atoms with Gasteiger partial charge in [0.25, 0.3) is 10.0 Å². The summed E-state index contributed by atoms with van der Waals surface area (Å²) in [5.74, 6) is -1.57. The van der Waals surface area contributed by atoms with Crippen molar-refractivity contribution in [1.82, 2.24) is 9.62 Å². The molecule has 2 heterocycles. The number of sulfonamides is 1. The van der Waals surface area contributed by atoms with Crippen molar-refractivity contribution < 1.29 is 23.1 Å². The minimum Gasteiger partial charge on any atom is -0.481 e. The van der Waals surface area contributed by atoms with Crippen molar-refractivity contribution in [3.8, 4) is 0 Å². The van der Waals surface area contributed by atoms with Crippen molar-refractivity contribution in [3.63, 3.8) is 0 Å². The molecule has 1 saturated carbocycles. The second-order valence-electron chi connectivity index (χ2n) is 6.87. The van der Waals surface area contributed by atoms with Crippen LogP contribution in [0.15, 0.2) is 16.3 Å². The number of amides is 1. The lowest BCUT2D eigenvalue weighted by molar-refractivity contribution is -0.143. The van der Waals surface area contributed by atoms with Gasteiger partial charge in [0.1, 0.15) is 4.21 Å². The predicted octanol–water partition coefficient (Wildman–Crippen LogP) is 1.44. The second-order valence-corrected chi connectivity index (χ2v) is 10.3. The first kappa shape index (κ1) is 18.3. The first-order valence-corrected chi connectivity index (χ1v) is 10.6. The van der Waals surface area contributed by atoms with E-state index in [1.807, 2.05) is 6.92 Å². The molecule has 25 heavy (non-hydrogen) atoms. The van der Waals surface area contributed by atoms with Gasteiger partial charge in [0.2, 0.25) is 5.91 Å². The SMILES string of the molecule is Cc1ccc(S(=O)(=O)N2CCCC(C(=O)NCC3(C(=O)O)CC3)C2)s1. The molecular weight excluding hydrogens is 364 g/mol. The predicted molar refractivity (Wildman–Crippen MR) is 92.9 cm³/mol. The van der Waals surface area contributed by atoms with Crippen LogP contribution in [0.3, 0.4) is 0 Å². The van der Waals surface area contributed by atoms with Gasteiger partial charge >= 0.3 is 5.97 Å². The van der Waals surface area contributed by atoms with Crippen LogP contribution in [0.2, 0.25) is 0 Å². The van der Waals surface area contributed by atoms with Crippen molar-refractivity contribution >= 4 is 33.2 Å². The van der Waals surface area contributed by atoms with Gasteiger partial charge < -0.3 is 10.4 Å². The maximum Gasteiger partial charge on any atom is 0.311 e. The van der Waals surface area contributed by atoms with Crippen molar-refractivity contribution in [3.05, 3.63) is 17.0 Å². The zero-order valence-corrected chi connectivity index (χ0v) is 15.7. The third-order valence-electron chi connectivity index (χ3n) is 4.97. The van der Waals surface area contributed by atoms with Gasteiger partial charge in [-0.2, -0.15) is 4.31 Å². The molecule has 0 spiro atoms. The molecule has 2 aliphatic rings. The van der Waals surface area contributed by atoms with E-state index in [1.165, 1.54) is 15.6 Å². The highest BCUT2D eigenvalue weighted by atomic mass is 32.2. The number of nitrogens with one attached hydrogen (secondary N) is 1. The quantitative estimate of drug-likeness (QED) is 0.770. The number of carbonyl (C=O) groups excluding carboxylic acids is 1. The fourth-order valence-corrected chi connectivity index (χ4v) is 6.03. The molecule has 1 unspecified atom stereocenters. The number of carboxylic acid groups (broad SMARTS) is 1. The highest BCUT2D eigenvalue weighted by Crippen LogP contribution is 2.45. The van der Waals surface area contributed by atoms with Crippen molar-refractivity contribution in [1.29, 1.82) is 0 Å². The summed E-state index contributed by atoms with van der Waals surface area (Å²) in [6.45, 7) is 2.52. The standard InChI is InChI=1S/C16H22N2O5S2/c1-11-4-5-13(24-11)25(22,23)18-8-2-3-12(9-18)14(19)17-10-16(6-7-16)15(20)21/h4-5,12H,2-3,6-10H2,1H3,(H,17,19)(H,20,21). The number of hydrogen-bond acceptors (Lipinski definition) is 5. The molecule has 0 radical (unpaired) electrons. The molecule has 1 aliphatic heterocycles. The van der Waals surface area contributed by atoms with E-state index in [9.17, 15) is 18.0 Å². The number of nitrogens with zero attached hydrogens (tertiary/aromatic N) is 1. The first-order chi connectivity index (χ1) is 11.7. The topological polar surface area (TPSA) is 104 Å². The van der Waals surface area contributed by atoms with Crippen LogP contribution in [0.25, 0.3) is 0 Å². The van der Waals surface area contributed by atoms with Gasteiger partial charge in [0.15, 0.2) is 0 Å². The molecule has 2 fully saturated rings. The molecule has 3 rings (SSSR count). The Kier molecular flexibility index (Phi) is 4.91. The summed E-state index contributed by atoms with van der Waals surface area (Å²) in [6.07, 6.45) is 2.38. The zero-order chi connectivity index (χ0) is 18.2. The highest BCUT2D eigenvalue weighted by molar-refractivity contribution is 7.91. The highest BCUT2D eigenvalue weighted by Gasteiger charge is 2.50. The molecule has 1 saturated heterocycles. The van der Waals surface area contributed by atoms with Crippen LogP contribution in [-0.4, -0.2) is 49.3 Å². The summed E-state index contributed by atoms with van der Waals surface area (Å²) in [6, 6.07) is 3.37. The van der Waals surface area contributed by atoms with Crippen LogP contribution >= 0.6 is 11.3 Å². The molecule has 0 aromatic carbocycles. The van der Waals surface area contributed by atoms with Gasteiger partial charge in [-0.1, -0.05) is 0 Å². The van der Waals surface area contributed by atoms with E-state index in [4.69, 9.17) is 5.11 Å². The van der Waals surface area contributed by atoms with E-state index in [0.29, 0.717) is 36.4 Å². The molecule has 9 heteroatoms. The smallest absolute Gasteiger partial charge is 0.311 e. The molecule has 1 amide bonds. The van der Waals surface area contributed by atoms with Gasteiger partial charge in [-0.3, -0.25) is 9.59 Å². The van der Waals surface area contributed by atoms with Crippen LogP contribution in [0.1, 0.15) is 30.6 Å². The molecule has 1 aromatic rings. The maximum atomic E-state index is 12.7. The van der Waals surface area contributed by atoms with Crippen molar-refractivity contribution in [2.75, 3.05) is 19.6 Å². The van der Waals surface area contributed by atoms with Gasteiger partial charge in [0, 0.05) is 24.5 Å². The number of carbonyl (C=O) groups is 2. The Morgan fingerprint density at radius 3 is 2.68 bits per heavy atom. The van der Waals surface area contributed by atoms with E-state index in [0.717, 1.165) is 4.88 Å². The van der Waals surface area contributed by atoms with Crippen LogP contribution in [0.5, 0.6) is 0 Å². The molecule has 1 atom stereocenters. The minimum atomic E-state index is -3.57. The lowest BCUT2D eigenvalue weighted by Crippen LogP contribution is -2.46. The van der Waals surface area contributed by atoms with Gasteiger partial charge in [-0.25, -0.2) is 8.42 Å². The minimum absolute atomic E-state index is 0.120. The summed E-state index contributed by atoms with van der Waals surface area (Å²) in [4.78, 5) is 24.5. The number of aliphatic carboxylic acids is 1.